The van der Waals surface area contributed by atoms with Gasteiger partial charge in [0.25, 0.3) is 0 Å². The third-order valence-electron chi connectivity index (χ3n) is 4.53. The smallest absolute Gasteiger partial charge is 0.207 e. The highest BCUT2D eigenvalue weighted by Gasteiger charge is 2.14. The number of carbonyl (C=O) groups is 1. The molecule has 1 N–H and O–H groups in total. The van der Waals surface area contributed by atoms with Gasteiger partial charge in [-0.25, -0.2) is 0 Å². The van der Waals surface area contributed by atoms with Crippen LogP contribution in [0.4, 0.5) is 0 Å². The lowest BCUT2D eigenvalue weighted by molar-refractivity contribution is -0.109. The van der Waals surface area contributed by atoms with Crippen LogP contribution in [0.2, 0.25) is 0 Å². The number of para-hydroxylation sites is 1. The largest absolute Gasteiger partial charge is 0.491 e. The maximum atomic E-state index is 10.4. The number of nitrogens with zero attached hydrogens (tertiary/aromatic N) is 1. The van der Waals surface area contributed by atoms with E-state index in [0.717, 1.165) is 23.2 Å². The van der Waals surface area contributed by atoms with Gasteiger partial charge < -0.3 is 14.6 Å². The molecule has 4 nitrogen and oxygen atoms in total. The van der Waals surface area contributed by atoms with E-state index in [1.165, 1.54) is 16.5 Å². The molecule has 0 saturated carbocycles. The molecular formula is C22H20N2O2. The van der Waals surface area contributed by atoms with E-state index < -0.39 is 0 Å². The Labute approximate surface area is 152 Å². The van der Waals surface area contributed by atoms with Crippen LogP contribution >= 0.6 is 0 Å². The summed E-state index contributed by atoms with van der Waals surface area (Å²) in [6, 6.07) is 25.0. The van der Waals surface area contributed by atoms with Gasteiger partial charge in [0.1, 0.15) is 12.4 Å². The molecule has 0 saturated heterocycles. The first-order chi connectivity index (χ1) is 12.9. The molecular weight excluding hydrogens is 324 g/mol. The van der Waals surface area contributed by atoms with Crippen molar-refractivity contribution in [3.63, 3.8) is 0 Å². The quantitative estimate of drug-likeness (QED) is 0.407. The van der Waals surface area contributed by atoms with Gasteiger partial charge in [-0.05, 0) is 23.8 Å². The molecule has 1 heterocycles. The fourth-order valence-corrected chi connectivity index (χ4v) is 3.40. The molecule has 0 aliphatic heterocycles. The van der Waals surface area contributed by atoms with Gasteiger partial charge in [0.05, 0.1) is 12.1 Å². The molecule has 1 aromatic heterocycles. The summed E-state index contributed by atoms with van der Waals surface area (Å²) in [5.41, 5.74) is 3.60. The molecule has 0 aliphatic rings. The van der Waals surface area contributed by atoms with Gasteiger partial charge in [-0.1, -0.05) is 54.6 Å². The predicted molar refractivity (Wildman–Crippen MR) is 105 cm³/mol. The molecule has 0 unspecified atom stereocenters. The first kappa shape index (κ1) is 16.2. The molecule has 0 radical (unpaired) electrons. The number of ether oxygens (including phenoxy) is 1. The monoisotopic (exact) mass is 344 g/mol. The molecule has 4 rings (SSSR count). The fourth-order valence-electron chi connectivity index (χ4n) is 3.40. The molecule has 26 heavy (non-hydrogen) atoms. The van der Waals surface area contributed by atoms with E-state index in [0.29, 0.717) is 19.6 Å². The Morgan fingerprint density at radius 2 is 1.65 bits per heavy atom. The molecule has 4 heteroatoms. The highest BCUT2D eigenvalue weighted by molar-refractivity contribution is 6.11. The Morgan fingerprint density at radius 3 is 2.50 bits per heavy atom. The molecule has 4 aromatic rings. The van der Waals surface area contributed by atoms with Crippen molar-refractivity contribution in [2.45, 2.75) is 6.54 Å². The van der Waals surface area contributed by atoms with Gasteiger partial charge >= 0.3 is 0 Å². The lowest BCUT2D eigenvalue weighted by Crippen LogP contribution is -2.19. The summed E-state index contributed by atoms with van der Waals surface area (Å²) in [5, 5.41) is 4.92. The fraction of sp³-hybridized carbons (Fsp3) is 0.136. The number of fused-ring (bicyclic) bond motifs is 3. The van der Waals surface area contributed by atoms with Crippen LogP contribution in [0.15, 0.2) is 72.8 Å². The van der Waals surface area contributed by atoms with Crippen LogP contribution in [0.25, 0.3) is 21.8 Å². The van der Waals surface area contributed by atoms with Gasteiger partial charge in [0.2, 0.25) is 6.41 Å². The number of amides is 1. The normalized spacial score (nSPS) is 10.9. The maximum Gasteiger partial charge on any atom is 0.207 e. The molecule has 0 aliphatic carbocycles. The third kappa shape index (κ3) is 3.02. The van der Waals surface area contributed by atoms with Gasteiger partial charge in [-0.15, -0.1) is 0 Å². The Bertz CT molecular complexity index is 1040. The third-order valence-corrected chi connectivity index (χ3v) is 4.53. The van der Waals surface area contributed by atoms with E-state index >= 15 is 0 Å². The van der Waals surface area contributed by atoms with E-state index in [4.69, 9.17) is 4.74 Å². The zero-order valence-corrected chi connectivity index (χ0v) is 14.4. The second-order valence-electron chi connectivity index (χ2n) is 6.16. The average Bonchev–Trinajstić information content (AvgIpc) is 3.01. The van der Waals surface area contributed by atoms with Crippen LogP contribution in [-0.4, -0.2) is 24.1 Å². The van der Waals surface area contributed by atoms with E-state index in [1.54, 1.807) is 0 Å². The van der Waals surface area contributed by atoms with Crippen LogP contribution in [0.3, 0.4) is 0 Å². The van der Waals surface area contributed by atoms with E-state index in [1.807, 2.05) is 18.2 Å². The number of carbonyl (C=O) groups excluding carboxylic acids is 1. The highest BCUT2D eigenvalue weighted by atomic mass is 16.5. The standard InChI is InChI=1S/C22H20N2O2/c25-16-23-13-14-26-21-12-6-11-20-22(21)18-9-4-5-10-19(18)24(20)15-17-7-2-1-3-8-17/h1-12,16H,13-15H2,(H,23,25). The molecule has 0 spiro atoms. The van der Waals surface area contributed by atoms with Gasteiger partial charge in [-0.3, -0.25) is 4.79 Å². The minimum Gasteiger partial charge on any atom is -0.491 e. The van der Waals surface area contributed by atoms with Gasteiger partial charge in [0.15, 0.2) is 0 Å². The van der Waals surface area contributed by atoms with E-state index in [9.17, 15) is 4.79 Å². The molecule has 0 fully saturated rings. The van der Waals surface area contributed by atoms with Crippen LogP contribution in [0.1, 0.15) is 5.56 Å². The van der Waals surface area contributed by atoms with Crippen molar-refractivity contribution < 1.29 is 9.53 Å². The minimum absolute atomic E-state index is 0.441. The summed E-state index contributed by atoms with van der Waals surface area (Å²) in [5.74, 6) is 0.846. The number of aromatic nitrogens is 1. The molecule has 3 aromatic carbocycles. The van der Waals surface area contributed by atoms with Crippen LogP contribution in [-0.2, 0) is 11.3 Å². The lowest BCUT2D eigenvalue weighted by Gasteiger charge is -2.09. The SMILES string of the molecule is O=CNCCOc1cccc2c1c1ccccc1n2Cc1ccccc1. The van der Waals surface area contributed by atoms with Crippen molar-refractivity contribution in [3.8, 4) is 5.75 Å². The zero-order valence-electron chi connectivity index (χ0n) is 14.4. The average molecular weight is 344 g/mol. The van der Waals surface area contributed by atoms with Crippen LogP contribution < -0.4 is 10.1 Å². The predicted octanol–water partition coefficient (Wildman–Crippen LogP) is 3.97. The second kappa shape index (κ2) is 7.31. The minimum atomic E-state index is 0.441. The summed E-state index contributed by atoms with van der Waals surface area (Å²) >= 11 is 0. The Hall–Kier alpha value is -3.27. The van der Waals surface area contributed by atoms with Crippen molar-refractivity contribution in [2.24, 2.45) is 0 Å². The molecule has 0 atom stereocenters. The van der Waals surface area contributed by atoms with Crippen LogP contribution in [0.5, 0.6) is 5.75 Å². The summed E-state index contributed by atoms with van der Waals surface area (Å²) in [6.45, 7) is 1.74. The number of rotatable bonds is 7. The Kier molecular flexibility index (Phi) is 4.56. The van der Waals surface area contributed by atoms with Crippen molar-refractivity contribution in [1.82, 2.24) is 9.88 Å². The zero-order chi connectivity index (χ0) is 17.8. The number of nitrogens with one attached hydrogen (secondary N) is 1. The van der Waals surface area contributed by atoms with Crippen molar-refractivity contribution in [3.05, 3.63) is 78.4 Å². The number of benzene rings is 3. The first-order valence-corrected chi connectivity index (χ1v) is 8.72. The molecule has 130 valence electrons. The Balaban J connectivity index is 1.82. The Morgan fingerprint density at radius 1 is 0.885 bits per heavy atom. The lowest BCUT2D eigenvalue weighted by atomic mass is 10.1. The summed E-state index contributed by atoms with van der Waals surface area (Å²) in [4.78, 5) is 10.4. The second-order valence-corrected chi connectivity index (χ2v) is 6.16. The van der Waals surface area contributed by atoms with Crippen molar-refractivity contribution >= 4 is 28.2 Å². The highest BCUT2D eigenvalue weighted by Crippen LogP contribution is 2.36. The van der Waals surface area contributed by atoms with Gasteiger partial charge in [-0.2, -0.15) is 0 Å². The van der Waals surface area contributed by atoms with Crippen molar-refractivity contribution in [1.29, 1.82) is 0 Å². The number of hydrogen-bond acceptors (Lipinski definition) is 2. The van der Waals surface area contributed by atoms with E-state index in [-0.39, 0.29) is 0 Å². The van der Waals surface area contributed by atoms with Gasteiger partial charge in [0, 0.05) is 22.8 Å². The molecule has 1 amide bonds. The summed E-state index contributed by atoms with van der Waals surface area (Å²) < 4.78 is 8.29. The van der Waals surface area contributed by atoms with Crippen molar-refractivity contribution in [2.75, 3.05) is 13.2 Å². The summed E-state index contributed by atoms with van der Waals surface area (Å²) in [6.07, 6.45) is 0.690. The first-order valence-electron chi connectivity index (χ1n) is 8.72. The number of hydrogen-bond donors (Lipinski definition) is 1. The molecule has 0 bridgehead atoms. The maximum absolute atomic E-state index is 10.4. The van der Waals surface area contributed by atoms with E-state index in [2.05, 4.69) is 64.5 Å². The van der Waals surface area contributed by atoms with Crippen LogP contribution in [0, 0.1) is 0 Å². The summed E-state index contributed by atoms with van der Waals surface area (Å²) in [7, 11) is 0. The topological polar surface area (TPSA) is 43.3 Å².